The largest absolute Gasteiger partial charge is 0.444 e. The predicted octanol–water partition coefficient (Wildman–Crippen LogP) is 4.28. The van der Waals surface area contributed by atoms with Crippen LogP contribution in [0.3, 0.4) is 0 Å². The van der Waals surface area contributed by atoms with Gasteiger partial charge in [-0.1, -0.05) is 6.07 Å². The van der Waals surface area contributed by atoms with Crippen molar-refractivity contribution in [2.45, 2.75) is 40.3 Å². The summed E-state index contributed by atoms with van der Waals surface area (Å²) in [5.41, 5.74) is 2.83. The molecule has 1 amide bonds. The number of carbonyl (C=O) groups excluding carboxylic acids is 1. The average molecular weight is 395 g/mol. The SMILES string of the molecule is Cc1nc(CNC(=O)c2cc(-c3cccs3)nc3c2cnn3C(C)C)oc1C. The van der Waals surface area contributed by atoms with Gasteiger partial charge in [-0.05, 0) is 45.2 Å². The second-order valence-corrected chi connectivity index (χ2v) is 7.83. The smallest absolute Gasteiger partial charge is 0.252 e. The third kappa shape index (κ3) is 3.31. The van der Waals surface area contributed by atoms with E-state index in [1.807, 2.05) is 56.0 Å². The molecule has 0 aromatic carbocycles. The van der Waals surface area contributed by atoms with Gasteiger partial charge in [-0.2, -0.15) is 5.10 Å². The first-order valence-corrected chi connectivity index (χ1v) is 9.95. The number of carbonyl (C=O) groups is 1. The molecule has 0 saturated carbocycles. The standard InChI is InChI=1S/C20H21N5O2S/c1-11(2)25-19-15(9-22-25)14(8-16(24-19)17-6-5-7-28-17)20(26)21-10-18-23-12(3)13(4)27-18/h5-9,11H,10H2,1-4H3,(H,21,26). The Morgan fingerprint density at radius 2 is 2.14 bits per heavy atom. The maximum Gasteiger partial charge on any atom is 0.252 e. The maximum absolute atomic E-state index is 13.0. The molecular formula is C20H21N5O2S. The number of oxazole rings is 1. The van der Waals surface area contributed by atoms with Crippen LogP contribution in [0.4, 0.5) is 0 Å². The Bertz CT molecular complexity index is 1120. The summed E-state index contributed by atoms with van der Waals surface area (Å²) in [5, 5.41) is 10.1. The first-order valence-electron chi connectivity index (χ1n) is 9.07. The van der Waals surface area contributed by atoms with Crippen LogP contribution in [0.5, 0.6) is 0 Å². The van der Waals surface area contributed by atoms with Crippen molar-refractivity contribution in [1.29, 1.82) is 0 Å². The molecule has 7 nitrogen and oxygen atoms in total. The van der Waals surface area contributed by atoms with Gasteiger partial charge >= 0.3 is 0 Å². The number of fused-ring (bicyclic) bond motifs is 1. The first-order chi connectivity index (χ1) is 13.4. The lowest BCUT2D eigenvalue weighted by molar-refractivity contribution is 0.0948. The van der Waals surface area contributed by atoms with Crippen molar-refractivity contribution >= 4 is 28.3 Å². The van der Waals surface area contributed by atoms with E-state index in [2.05, 4.69) is 15.4 Å². The maximum atomic E-state index is 13.0. The molecule has 28 heavy (non-hydrogen) atoms. The molecule has 0 spiro atoms. The molecule has 0 aliphatic rings. The van der Waals surface area contributed by atoms with E-state index in [-0.39, 0.29) is 18.5 Å². The number of nitrogens with zero attached hydrogens (tertiary/aromatic N) is 4. The number of hydrogen-bond donors (Lipinski definition) is 1. The zero-order valence-electron chi connectivity index (χ0n) is 16.2. The summed E-state index contributed by atoms with van der Waals surface area (Å²) in [6.45, 7) is 8.04. The Hall–Kier alpha value is -3.00. The lowest BCUT2D eigenvalue weighted by atomic mass is 10.1. The minimum absolute atomic E-state index is 0.137. The Morgan fingerprint density at radius 1 is 1.32 bits per heavy atom. The van der Waals surface area contributed by atoms with Gasteiger partial charge in [0.2, 0.25) is 5.89 Å². The van der Waals surface area contributed by atoms with Gasteiger partial charge in [0, 0.05) is 6.04 Å². The molecule has 0 unspecified atom stereocenters. The van der Waals surface area contributed by atoms with Crippen molar-refractivity contribution < 1.29 is 9.21 Å². The minimum Gasteiger partial charge on any atom is -0.444 e. The molecule has 4 aromatic rings. The molecule has 0 aliphatic carbocycles. The number of rotatable bonds is 5. The molecule has 4 aromatic heterocycles. The van der Waals surface area contributed by atoms with E-state index in [4.69, 9.17) is 9.40 Å². The molecular weight excluding hydrogens is 374 g/mol. The molecule has 1 N–H and O–H groups in total. The monoisotopic (exact) mass is 395 g/mol. The fourth-order valence-corrected chi connectivity index (χ4v) is 3.69. The third-order valence-corrected chi connectivity index (χ3v) is 5.44. The van der Waals surface area contributed by atoms with E-state index in [1.54, 1.807) is 17.5 Å². The van der Waals surface area contributed by atoms with E-state index in [0.717, 1.165) is 27.4 Å². The summed E-state index contributed by atoms with van der Waals surface area (Å²) in [7, 11) is 0. The second-order valence-electron chi connectivity index (χ2n) is 6.88. The highest BCUT2D eigenvalue weighted by atomic mass is 32.1. The van der Waals surface area contributed by atoms with Crippen molar-refractivity contribution in [1.82, 2.24) is 25.1 Å². The van der Waals surface area contributed by atoms with Crippen LogP contribution in [0.15, 0.2) is 34.2 Å². The minimum atomic E-state index is -0.206. The summed E-state index contributed by atoms with van der Waals surface area (Å²) in [6, 6.07) is 5.92. The van der Waals surface area contributed by atoms with Crippen LogP contribution in [0.25, 0.3) is 21.6 Å². The molecule has 0 fully saturated rings. The molecule has 0 saturated heterocycles. The first kappa shape index (κ1) is 18.4. The molecule has 4 rings (SSSR count). The van der Waals surface area contributed by atoms with Gasteiger partial charge in [0.05, 0.1) is 40.0 Å². The van der Waals surface area contributed by atoms with Crippen LogP contribution < -0.4 is 5.32 Å². The topological polar surface area (TPSA) is 85.8 Å². The van der Waals surface area contributed by atoms with Crippen molar-refractivity contribution in [3.63, 3.8) is 0 Å². The van der Waals surface area contributed by atoms with E-state index in [0.29, 0.717) is 17.1 Å². The average Bonchev–Trinajstić information content (AvgIpc) is 3.39. The summed E-state index contributed by atoms with van der Waals surface area (Å²) < 4.78 is 7.39. The summed E-state index contributed by atoms with van der Waals surface area (Å²) in [6.07, 6.45) is 1.70. The van der Waals surface area contributed by atoms with Crippen LogP contribution >= 0.6 is 11.3 Å². The highest BCUT2D eigenvalue weighted by Gasteiger charge is 2.19. The van der Waals surface area contributed by atoms with Gasteiger partial charge in [-0.15, -0.1) is 11.3 Å². The van der Waals surface area contributed by atoms with Crippen LogP contribution in [-0.2, 0) is 6.54 Å². The third-order valence-electron chi connectivity index (χ3n) is 4.55. The van der Waals surface area contributed by atoms with E-state index < -0.39 is 0 Å². The Kier molecular flexibility index (Phi) is 4.72. The Morgan fingerprint density at radius 3 is 2.79 bits per heavy atom. The van der Waals surface area contributed by atoms with E-state index in [1.165, 1.54) is 0 Å². The van der Waals surface area contributed by atoms with Crippen molar-refractivity contribution in [2.75, 3.05) is 0 Å². The van der Waals surface area contributed by atoms with Crippen LogP contribution in [0, 0.1) is 13.8 Å². The molecule has 144 valence electrons. The number of amides is 1. The van der Waals surface area contributed by atoms with Gasteiger partial charge in [-0.3, -0.25) is 4.79 Å². The second kappa shape index (κ2) is 7.20. The summed E-state index contributed by atoms with van der Waals surface area (Å²) in [4.78, 5) is 23.1. The van der Waals surface area contributed by atoms with E-state index in [9.17, 15) is 4.79 Å². The fourth-order valence-electron chi connectivity index (χ4n) is 3.00. The quantitative estimate of drug-likeness (QED) is 0.545. The summed E-state index contributed by atoms with van der Waals surface area (Å²) >= 11 is 1.59. The van der Waals surface area contributed by atoms with Crippen LogP contribution in [0.1, 0.15) is 47.6 Å². The van der Waals surface area contributed by atoms with Gasteiger partial charge in [0.15, 0.2) is 5.65 Å². The number of thiophene rings is 1. The molecule has 0 bridgehead atoms. The molecule has 8 heteroatoms. The number of pyridine rings is 1. The molecule has 0 radical (unpaired) electrons. The zero-order chi connectivity index (χ0) is 19.8. The highest BCUT2D eigenvalue weighted by molar-refractivity contribution is 7.13. The zero-order valence-corrected chi connectivity index (χ0v) is 17.0. The molecule has 0 aliphatic heterocycles. The number of aryl methyl sites for hydroxylation is 2. The van der Waals surface area contributed by atoms with Crippen molar-refractivity contribution in [2.24, 2.45) is 0 Å². The number of hydrogen-bond acceptors (Lipinski definition) is 6. The Labute approximate surface area is 166 Å². The predicted molar refractivity (Wildman–Crippen MR) is 108 cm³/mol. The van der Waals surface area contributed by atoms with Crippen LogP contribution in [0.2, 0.25) is 0 Å². The van der Waals surface area contributed by atoms with Gasteiger partial charge in [0.1, 0.15) is 5.76 Å². The van der Waals surface area contributed by atoms with E-state index >= 15 is 0 Å². The molecule has 0 atom stereocenters. The van der Waals surface area contributed by atoms with Crippen molar-refractivity contribution in [3.8, 4) is 10.6 Å². The highest BCUT2D eigenvalue weighted by Crippen LogP contribution is 2.29. The van der Waals surface area contributed by atoms with Gasteiger partial charge in [-0.25, -0.2) is 14.6 Å². The summed E-state index contributed by atoms with van der Waals surface area (Å²) in [5.74, 6) is 1.04. The number of nitrogens with one attached hydrogen (secondary N) is 1. The number of aromatic nitrogens is 4. The normalized spacial score (nSPS) is 11.5. The lowest BCUT2D eigenvalue weighted by Gasteiger charge is -2.10. The fraction of sp³-hybridized carbons (Fsp3) is 0.300. The van der Waals surface area contributed by atoms with Crippen molar-refractivity contribution in [3.05, 3.63) is 52.7 Å². The Balaban J connectivity index is 1.73. The lowest BCUT2D eigenvalue weighted by Crippen LogP contribution is -2.23. The van der Waals surface area contributed by atoms with Crippen LogP contribution in [-0.4, -0.2) is 25.7 Å². The van der Waals surface area contributed by atoms with Gasteiger partial charge < -0.3 is 9.73 Å². The molecule has 4 heterocycles. The van der Waals surface area contributed by atoms with Gasteiger partial charge in [0.25, 0.3) is 5.91 Å².